The van der Waals surface area contributed by atoms with Crippen molar-refractivity contribution in [1.29, 1.82) is 5.26 Å². The lowest BCUT2D eigenvalue weighted by Crippen LogP contribution is -2.32. The highest BCUT2D eigenvalue weighted by Gasteiger charge is 2.27. The van der Waals surface area contributed by atoms with Gasteiger partial charge in [0, 0.05) is 24.3 Å². The van der Waals surface area contributed by atoms with Gasteiger partial charge >= 0.3 is 0 Å². The second-order valence-electron chi connectivity index (χ2n) is 7.48. The SMILES string of the molecule is CC1CCc2nc(N3CCCCC3)c(C#N)c(-c3ccccc3)c2C1. The third kappa shape index (κ3) is 3.02. The van der Waals surface area contributed by atoms with Crippen LogP contribution in [0.4, 0.5) is 5.82 Å². The fraction of sp³-hybridized carbons (Fsp3) is 0.455. The molecule has 128 valence electrons. The molecule has 2 heterocycles. The van der Waals surface area contributed by atoms with Gasteiger partial charge in [0.25, 0.3) is 0 Å². The molecule has 0 bridgehead atoms. The molecule has 1 aromatic heterocycles. The van der Waals surface area contributed by atoms with Gasteiger partial charge in [-0.1, -0.05) is 37.3 Å². The third-order valence-corrected chi connectivity index (χ3v) is 5.62. The number of piperidine rings is 1. The molecule has 1 saturated heterocycles. The Kier molecular flexibility index (Phi) is 4.44. The average Bonchev–Trinajstić information content (AvgIpc) is 2.68. The van der Waals surface area contributed by atoms with E-state index in [0.717, 1.165) is 48.4 Å². The van der Waals surface area contributed by atoms with Gasteiger partial charge in [-0.2, -0.15) is 5.26 Å². The van der Waals surface area contributed by atoms with Gasteiger partial charge < -0.3 is 4.90 Å². The van der Waals surface area contributed by atoms with Crippen molar-refractivity contribution in [2.45, 2.75) is 45.4 Å². The molecule has 1 fully saturated rings. The fourth-order valence-electron chi connectivity index (χ4n) is 4.28. The topological polar surface area (TPSA) is 39.9 Å². The fourth-order valence-corrected chi connectivity index (χ4v) is 4.28. The zero-order chi connectivity index (χ0) is 17.2. The lowest BCUT2D eigenvalue weighted by Gasteiger charge is -2.32. The van der Waals surface area contributed by atoms with Crippen LogP contribution >= 0.6 is 0 Å². The van der Waals surface area contributed by atoms with E-state index in [4.69, 9.17) is 4.98 Å². The Morgan fingerprint density at radius 2 is 1.88 bits per heavy atom. The first-order valence-corrected chi connectivity index (χ1v) is 9.54. The van der Waals surface area contributed by atoms with Crippen LogP contribution in [-0.2, 0) is 12.8 Å². The molecule has 3 heteroatoms. The van der Waals surface area contributed by atoms with Crippen LogP contribution in [0, 0.1) is 17.2 Å². The highest BCUT2D eigenvalue weighted by molar-refractivity contribution is 5.80. The summed E-state index contributed by atoms with van der Waals surface area (Å²) >= 11 is 0. The monoisotopic (exact) mass is 331 g/mol. The van der Waals surface area contributed by atoms with Crippen molar-refractivity contribution in [3.05, 3.63) is 47.2 Å². The van der Waals surface area contributed by atoms with E-state index in [1.165, 1.54) is 36.9 Å². The molecule has 0 N–H and O–H groups in total. The van der Waals surface area contributed by atoms with Gasteiger partial charge in [0.1, 0.15) is 17.5 Å². The minimum Gasteiger partial charge on any atom is -0.355 e. The summed E-state index contributed by atoms with van der Waals surface area (Å²) in [5.41, 5.74) is 5.60. The van der Waals surface area contributed by atoms with E-state index in [1.807, 2.05) is 6.07 Å². The molecule has 1 atom stereocenters. The van der Waals surface area contributed by atoms with Crippen LogP contribution in [0.2, 0.25) is 0 Å². The maximum atomic E-state index is 10.0. The van der Waals surface area contributed by atoms with Crippen molar-refractivity contribution in [2.75, 3.05) is 18.0 Å². The number of anilines is 1. The van der Waals surface area contributed by atoms with Gasteiger partial charge in [-0.3, -0.25) is 0 Å². The van der Waals surface area contributed by atoms with E-state index in [1.54, 1.807) is 0 Å². The second-order valence-corrected chi connectivity index (χ2v) is 7.48. The summed E-state index contributed by atoms with van der Waals surface area (Å²) in [6, 6.07) is 13.0. The van der Waals surface area contributed by atoms with E-state index in [9.17, 15) is 5.26 Å². The van der Waals surface area contributed by atoms with Crippen LogP contribution in [-0.4, -0.2) is 18.1 Å². The van der Waals surface area contributed by atoms with Crippen molar-refractivity contribution in [2.24, 2.45) is 5.92 Å². The van der Waals surface area contributed by atoms with Crippen molar-refractivity contribution in [3.8, 4) is 17.2 Å². The van der Waals surface area contributed by atoms with Gasteiger partial charge in [-0.05, 0) is 55.6 Å². The number of aryl methyl sites for hydroxylation is 1. The summed E-state index contributed by atoms with van der Waals surface area (Å²) < 4.78 is 0. The molecule has 25 heavy (non-hydrogen) atoms. The highest BCUT2D eigenvalue weighted by Crippen LogP contribution is 2.39. The van der Waals surface area contributed by atoms with Crippen LogP contribution in [0.25, 0.3) is 11.1 Å². The number of hydrogen-bond acceptors (Lipinski definition) is 3. The Hall–Kier alpha value is -2.34. The van der Waals surface area contributed by atoms with Gasteiger partial charge in [0.15, 0.2) is 0 Å². The van der Waals surface area contributed by atoms with Gasteiger partial charge in [0.2, 0.25) is 0 Å². The predicted octanol–water partition coefficient (Wildman–Crippen LogP) is 4.74. The van der Waals surface area contributed by atoms with Crippen molar-refractivity contribution >= 4 is 5.82 Å². The minimum absolute atomic E-state index is 0.657. The first kappa shape index (κ1) is 16.1. The van der Waals surface area contributed by atoms with Gasteiger partial charge in [-0.25, -0.2) is 4.98 Å². The summed E-state index contributed by atoms with van der Waals surface area (Å²) in [6.45, 7) is 4.35. The smallest absolute Gasteiger partial charge is 0.147 e. The molecular weight excluding hydrogens is 306 g/mol. The second kappa shape index (κ2) is 6.88. The molecule has 2 aliphatic rings. The zero-order valence-corrected chi connectivity index (χ0v) is 15.0. The van der Waals surface area contributed by atoms with E-state index in [-0.39, 0.29) is 0 Å². The minimum atomic E-state index is 0.657. The number of fused-ring (bicyclic) bond motifs is 1. The lowest BCUT2D eigenvalue weighted by atomic mass is 9.82. The molecule has 0 saturated carbocycles. The van der Waals surface area contributed by atoms with Crippen LogP contribution in [0.5, 0.6) is 0 Å². The molecule has 1 aliphatic heterocycles. The average molecular weight is 331 g/mol. The summed E-state index contributed by atoms with van der Waals surface area (Å²) in [6.07, 6.45) is 6.93. The lowest BCUT2D eigenvalue weighted by molar-refractivity contribution is 0.493. The van der Waals surface area contributed by atoms with Crippen LogP contribution in [0.1, 0.15) is 49.4 Å². The molecule has 2 aromatic rings. The third-order valence-electron chi connectivity index (χ3n) is 5.62. The number of hydrogen-bond donors (Lipinski definition) is 0. The molecule has 0 amide bonds. The summed E-state index contributed by atoms with van der Waals surface area (Å²) in [7, 11) is 0. The Labute approximate surface area is 150 Å². The van der Waals surface area contributed by atoms with Crippen LogP contribution in [0.15, 0.2) is 30.3 Å². The van der Waals surface area contributed by atoms with Crippen LogP contribution in [0.3, 0.4) is 0 Å². The molecule has 1 aromatic carbocycles. The Morgan fingerprint density at radius 3 is 2.60 bits per heavy atom. The summed E-state index contributed by atoms with van der Waals surface area (Å²) in [5, 5.41) is 10.0. The largest absolute Gasteiger partial charge is 0.355 e. The molecule has 4 rings (SSSR count). The molecule has 1 aliphatic carbocycles. The van der Waals surface area contributed by atoms with Crippen molar-refractivity contribution in [1.82, 2.24) is 4.98 Å². The molecular formula is C22H25N3. The number of nitrogens with zero attached hydrogens (tertiary/aromatic N) is 3. The molecule has 1 unspecified atom stereocenters. The Bertz CT molecular complexity index is 798. The maximum Gasteiger partial charge on any atom is 0.147 e. The number of aromatic nitrogens is 1. The molecule has 3 nitrogen and oxygen atoms in total. The number of benzene rings is 1. The predicted molar refractivity (Wildman–Crippen MR) is 102 cm³/mol. The number of nitriles is 1. The summed E-state index contributed by atoms with van der Waals surface area (Å²) in [4.78, 5) is 7.37. The van der Waals surface area contributed by atoms with Crippen molar-refractivity contribution in [3.63, 3.8) is 0 Å². The van der Waals surface area contributed by atoms with Crippen molar-refractivity contribution < 1.29 is 0 Å². The quantitative estimate of drug-likeness (QED) is 0.798. The first-order chi connectivity index (χ1) is 12.3. The van der Waals surface area contributed by atoms with Gasteiger partial charge in [0.05, 0.1) is 0 Å². The highest BCUT2D eigenvalue weighted by atomic mass is 15.2. The number of pyridine rings is 1. The van der Waals surface area contributed by atoms with Gasteiger partial charge in [-0.15, -0.1) is 0 Å². The zero-order valence-electron chi connectivity index (χ0n) is 15.0. The van der Waals surface area contributed by atoms with E-state index in [0.29, 0.717) is 5.92 Å². The standard InChI is InChI=1S/C22H25N3/c1-16-10-11-20-18(14-16)21(17-8-4-2-5-9-17)19(15-23)22(24-20)25-12-6-3-7-13-25/h2,4-5,8-9,16H,3,6-7,10-14H2,1H3. The molecule has 0 radical (unpaired) electrons. The van der Waals surface area contributed by atoms with E-state index < -0.39 is 0 Å². The first-order valence-electron chi connectivity index (χ1n) is 9.54. The Morgan fingerprint density at radius 1 is 1.12 bits per heavy atom. The Balaban J connectivity index is 1.94. The van der Waals surface area contributed by atoms with E-state index in [2.05, 4.69) is 42.2 Å². The van der Waals surface area contributed by atoms with Crippen LogP contribution < -0.4 is 4.90 Å². The molecule has 0 spiro atoms. The number of rotatable bonds is 2. The summed E-state index contributed by atoms with van der Waals surface area (Å²) in [5.74, 6) is 1.58. The normalized spacial score (nSPS) is 20.0. The van der Waals surface area contributed by atoms with E-state index >= 15 is 0 Å². The maximum absolute atomic E-state index is 10.0.